The highest BCUT2D eigenvalue weighted by Gasteiger charge is 2.44. The minimum atomic E-state index is 0.205. The van der Waals surface area contributed by atoms with Gasteiger partial charge in [0.2, 0.25) is 0 Å². The van der Waals surface area contributed by atoms with E-state index in [2.05, 4.69) is 31.3 Å². The third-order valence-corrected chi connectivity index (χ3v) is 5.03. The fraction of sp³-hybridized carbons (Fsp3) is 0.765. The van der Waals surface area contributed by atoms with Gasteiger partial charge < -0.3 is 14.5 Å². The second kappa shape index (κ2) is 5.90. The predicted molar refractivity (Wildman–Crippen MR) is 79.8 cm³/mol. The molecule has 3 nitrogen and oxygen atoms in total. The molecule has 0 amide bonds. The molecule has 1 spiro atoms. The van der Waals surface area contributed by atoms with E-state index in [4.69, 9.17) is 9.15 Å². The van der Waals surface area contributed by atoms with Crippen LogP contribution in [-0.4, -0.2) is 18.8 Å². The van der Waals surface area contributed by atoms with Gasteiger partial charge in [-0.2, -0.15) is 0 Å². The topological polar surface area (TPSA) is 34.4 Å². The lowest BCUT2D eigenvalue weighted by molar-refractivity contribution is -0.148. The summed E-state index contributed by atoms with van der Waals surface area (Å²) in [5, 5.41) is 3.64. The van der Waals surface area contributed by atoms with Crippen LogP contribution < -0.4 is 5.32 Å². The molecule has 0 aromatic carbocycles. The maximum absolute atomic E-state index is 6.06. The molecule has 1 N–H and O–H groups in total. The van der Waals surface area contributed by atoms with Crippen molar-refractivity contribution in [3.05, 3.63) is 23.7 Å². The third kappa shape index (κ3) is 2.66. The first-order chi connectivity index (χ1) is 9.76. The summed E-state index contributed by atoms with van der Waals surface area (Å²) in [7, 11) is 0. The van der Waals surface area contributed by atoms with Gasteiger partial charge in [0, 0.05) is 13.0 Å². The highest BCUT2D eigenvalue weighted by Crippen LogP contribution is 2.47. The van der Waals surface area contributed by atoms with Crippen molar-refractivity contribution < 1.29 is 9.15 Å². The van der Waals surface area contributed by atoms with Gasteiger partial charge in [-0.1, -0.05) is 13.8 Å². The van der Waals surface area contributed by atoms with E-state index in [1.165, 1.54) is 25.7 Å². The average molecular weight is 277 g/mol. The van der Waals surface area contributed by atoms with E-state index in [9.17, 15) is 0 Å². The van der Waals surface area contributed by atoms with Crippen molar-refractivity contribution in [1.82, 2.24) is 5.32 Å². The van der Waals surface area contributed by atoms with E-state index in [0.29, 0.717) is 12.0 Å². The lowest BCUT2D eigenvalue weighted by atomic mass is 9.70. The monoisotopic (exact) mass is 277 g/mol. The summed E-state index contributed by atoms with van der Waals surface area (Å²) in [5.74, 6) is 2.85. The van der Waals surface area contributed by atoms with Crippen LogP contribution >= 0.6 is 0 Å². The van der Waals surface area contributed by atoms with E-state index >= 15 is 0 Å². The lowest BCUT2D eigenvalue weighted by Gasteiger charge is -2.48. The van der Waals surface area contributed by atoms with Crippen LogP contribution in [0.2, 0.25) is 0 Å². The maximum Gasteiger partial charge on any atom is 0.121 e. The Bertz CT molecular complexity index is 436. The van der Waals surface area contributed by atoms with Gasteiger partial charge in [-0.25, -0.2) is 0 Å². The molecule has 3 rings (SSSR count). The van der Waals surface area contributed by atoms with Gasteiger partial charge >= 0.3 is 0 Å². The van der Waals surface area contributed by atoms with Gasteiger partial charge in [-0.3, -0.25) is 0 Å². The van der Waals surface area contributed by atoms with Gasteiger partial charge in [-0.05, 0) is 56.7 Å². The molecule has 2 fully saturated rings. The molecule has 0 radical (unpaired) electrons. The molecule has 3 heteroatoms. The number of rotatable bonds is 5. The van der Waals surface area contributed by atoms with Gasteiger partial charge in [-0.15, -0.1) is 0 Å². The first-order valence-electron chi connectivity index (χ1n) is 8.22. The molecule has 2 aliphatic rings. The standard InChI is InChI=1S/C17H27NO2/c1-3-14-6-7-15(20-14)16(18-4-2)13-8-11-19-17(12-13)9-5-10-17/h6-7,13,16,18H,3-5,8-12H2,1-2H3. The Morgan fingerprint density at radius 3 is 2.80 bits per heavy atom. The van der Waals surface area contributed by atoms with Gasteiger partial charge in [0.15, 0.2) is 0 Å². The Balaban J connectivity index is 1.75. The van der Waals surface area contributed by atoms with Crippen LogP contribution in [0.1, 0.15) is 63.5 Å². The van der Waals surface area contributed by atoms with E-state index in [1.807, 2.05) is 0 Å². The number of ether oxygens (including phenoxy) is 1. The first-order valence-corrected chi connectivity index (χ1v) is 8.22. The largest absolute Gasteiger partial charge is 0.464 e. The van der Waals surface area contributed by atoms with Crippen molar-refractivity contribution in [2.45, 2.75) is 64.0 Å². The van der Waals surface area contributed by atoms with E-state index < -0.39 is 0 Å². The molecule has 2 atom stereocenters. The SMILES string of the molecule is CCNC(c1ccc(CC)o1)C1CCOC2(CCC2)C1. The zero-order valence-electron chi connectivity index (χ0n) is 12.8. The zero-order valence-corrected chi connectivity index (χ0v) is 12.8. The molecule has 112 valence electrons. The molecular weight excluding hydrogens is 250 g/mol. The molecule has 1 aliphatic heterocycles. The number of aryl methyl sites for hydroxylation is 1. The average Bonchev–Trinajstić information content (AvgIpc) is 2.92. The van der Waals surface area contributed by atoms with Gasteiger partial charge in [0.1, 0.15) is 11.5 Å². The molecule has 1 aliphatic carbocycles. The van der Waals surface area contributed by atoms with Crippen molar-refractivity contribution in [3.8, 4) is 0 Å². The molecule has 2 unspecified atom stereocenters. The van der Waals surface area contributed by atoms with Gasteiger partial charge in [0.25, 0.3) is 0 Å². The van der Waals surface area contributed by atoms with Crippen molar-refractivity contribution in [2.24, 2.45) is 5.92 Å². The van der Waals surface area contributed by atoms with Crippen LogP contribution in [0.15, 0.2) is 16.5 Å². The van der Waals surface area contributed by atoms with Gasteiger partial charge in [0.05, 0.1) is 11.6 Å². The summed E-state index contributed by atoms with van der Waals surface area (Å²) in [5.41, 5.74) is 0.205. The molecule has 0 bridgehead atoms. The first kappa shape index (κ1) is 14.2. The van der Waals surface area contributed by atoms with Crippen LogP contribution in [0.3, 0.4) is 0 Å². The van der Waals surface area contributed by atoms with Crippen LogP contribution in [0.25, 0.3) is 0 Å². The summed E-state index contributed by atoms with van der Waals surface area (Å²) >= 11 is 0. The van der Waals surface area contributed by atoms with E-state index in [1.54, 1.807) is 0 Å². The minimum Gasteiger partial charge on any atom is -0.464 e. The summed E-state index contributed by atoms with van der Waals surface area (Å²) in [6.07, 6.45) is 7.13. The van der Waals surface area contributed by atoms with E-state index in [0.717, 1.165) is 37.5 Å². The molecule has 1 aromatic rings. The van der Waals surface area contributed by atoms with E-state index in [-0.39, 0.29) is 5.60 Å². The molecule has 20 heavy (non-hydrogen) atoms. The van der Waals surface area contributed by atoms with Crippen LogP contribution in [0, 0.1) is 5.92 Å². The zero-order chi connectivity index (χ0) is 14.0. The highest BCUT2D eigenvalue weighted by atomic mass is 16.5. The molecule has 1 aromatic heterocycles. The Kier molecular flexibility index (Phi) is 4.18. The van der Waals surface area contributed by atoms with Crippen LogP contribution in [-0.2, 0) is 11.2 Å². The Morgan fingerprint density at radius 1 is 1.35 bits per heavy atom. The Labute approximate surface area is 122 Å². The van der Waals surface area contributed by atoms with Crippen molar-refractivity contribution in [1.29, 1.82) is 0 Å². The Morgan fingerprint density at radius 2 is 2.20 bits per heavy atom. The lowest BCUT2D eigenvalue weighted by Crippen LogP contribution is -2.48. The second-order valence-corrected chi connectivity index (χ2v) is 6.33. The quantitative estimate of drug-likeness (QED) is 0.888. The number of hydrogen-bond acceptors (Lipinski definition) is 3. The summed E-state index contributed by atoms with van der Waals surface area (Å²) in [4.78, 5) is 0. The number of hydrogen-bond donors (Lipinski definition) is 1. The minimum absolute atomic E-state index is 0.205. The fourth-order valence-electron chi connectivity index (χ4n) is 3.74. The molecule has 2 heterocycles. The summed E-state index contributed by atoms with van der Waals surface area (Å²) in [6, 6.07) is 4.63. The highest BCUT2D eigenvalue weighted by molar-refractivity contribution is 5.13. The van der Waals surface area contributed by atoms with Crippen molar-refractivity contribution in [2.75, 3.05) is 13.2 Å². The number of nitrogens with one attached hydrogen (secondary N) is 1. The van der Waals surface area contributed by atoms with Crippen molar-refractivity contribution in [3.63, 3.8) is 0 Å². The van der Waals surface area contributed by atoms with Crippen molar-refractivity contribution >= 4 is 0 Å². The van der Waals surface area contributed by atoms with Crippen LogP contribution in [0.5, 0.6) is 0 Å². The second-order valence-electron chi connectivity index (χ2n) is 6.33. The molecule has 1 saturated heterocycles. The summed E-state index contributed by atoms with van der Waals surface area (Å²) < 4.78 is 12.1. The molecule has 1 saturated carbocycles. The Hall–Kier alpha value is -0.800. The molecular formula is C17H27NO2. The summed E-state index contributed by atoms with van der Waals surface area (Å²) in [6.45, 7) is 6.21. The maximum atomic E-state index is 6.06. The predicted octanol–water partition coefficient (Wildman–Crippen LogP) is 3.84. The fourth-order valence-corrected chi connectivity index (χ4v) is 3.74. The van der Waals surface area contributed by atoms with Crippen LogP contribution in [0.4, 0.5) is 0 Å². The smallest absolute Gasteiger partial charge is 0.121 e. The number of furan rings is 1. The normalized spacial score (nSPS) is 26.4. The third-order valence-electron chi connectivity index (χ3n) is 5.03.